The van der Waals surface area contributed by atoms with Gasteiger partial charge in [-0.1, -0.05) is 52.4 Å². The Balaban J connectivity index is 0.000000331. The standard InChI is InChI=1S/C21H32O5.C13H31NO3Si.H4Si/c1-19-7-5-13(23)9-12(19)3-4-14-15-6-8-21(26,17(25)11-22)20(15,2)10-16(24)18(14)19;1-15-18(16-2,17-3)13-11-9-7-5-4-6-8-10-12-14;/h12-15,18,22-23,26H,3-11H2,1-2H3;4-14H2,1-3H3;1H4/t12-,13-,14+,15+,18-,19+,20+,21+;;/m1../s1. The van der Waals surface area contributed by atoms with Crippen LogP contribution in [-0.2, 0) is 22.9 Å². The van der Waals surface area contributed by atoms with Gasteiger partial charge in [-0.15, -0.1) is 0 Å². The van der Waals surface area contributed by atoms with Crippen molar-refractivity contribution in [3.8, 4) is 0 Å². The number of unbranched alkanes of at least 4 members (excludes halogenated alkanes) is 7. The summed E-state index contributed by atoms with van der Waals surface area (Å²) in [5.74, 6) is 0.380. The smallest absolute Gasteiger partial charge is 0.393 e. The first kappa shape index (κ1) is 40.7. The highest BCUT2D eigenvalue weighted by Gasteiger charge is 2.68. The van der Waals surface area contributed by atoms with Gasteiger partial charge in [-0.2, -0.15) is 0 Å². The first-order valence-electron chi connectivity index (χ1n) is 17.3. The third-order valence-corrected chi connectivity index (χ3v) is 15.3. The second kappa shape index (κ2) is 17.8. The molecule has 0 aromatic heterocycles. The predicted octanol–water partition coefficient (Wildman–Crippen LogP) is 3.35. The highest BCUT2D eigenvalue weighted by atomic mass is 28.4. The van der Waals surface area contributed by atoms with E-state index in [2.05, 4.69) is 6.92 Å². The monoisotopic (exact) mass is 673 g/mol. The average molecular weight is 674 g/mol. The Morgan fingerprint density at radius 3 is 2.04 bits per heavy atom. The minimum Gasteiger partial charge on any atom is -0.393 e. The minimum atomic E-state index is -2.32. The largest absolute Gasteiger partial charge is 0.500 e. The number of aliphatic hydroxyl groups excluding tert-OH is 2. The second-order valence-electron chi connectivity index (χ2n) is 14.7. The number of ketones is 2. The van der Waals surface area contributed by atoms with E-state index in [9.17, 15) is 24.9 Å². The quantitative estimate of drug-likeness (QED) is 0.152. The Morgan fingerprint density at radius 2 is 1.49 bits per heavy atom. The van der Waals surface area contributed by atoms with Crippen LogP contribution < -0.4 is 5.73 Å². The number of hydrogen-bond donors (Lipinski definition) is 4. The lowest BCUT2D eigenvalue weighted by molar-refractivity contribution is -0.180. The molecule has 11 heteroatoms. The third kappa shape index (κ3) is 8.57. The van der Waals surface area contributed by atoms with Crippen molar-refractivity contribution in [2.24, 2.45) is 40.2 Å². The van der Waals surface area contributed by atoms with Gasteiger partial charge in [-0.3, -0.25) is 9.59 Å². The molecule has 9 nitrogen and oxygen atoms in total. The molecule has 0 aromatic carbocycles. The van der Waals surface area contributed by atoms with E-state index in [0.717, 1.165) is 57.5 Å². The van der Waals surface area contributed by atoms with Crippen molar-refractivity contribution in [1.29, 1.82) is 0 Å². The van der Waals surface area contributed by atoms with E-state index >= 15 is 0 Å². The molecule has 4 aliphatic carbocycles. The number of fused-ring (bicyclic) bond motifs is 5. The van der Waals surface area contributed by atoms with Gasteiger partial charge >= 0.3 is 8.80 Å². The van der Waals surface area contributed by atoms with Gasteiger partial charge in [0, 0.05) is 45.1 Å². The van der Waals surface area contributed by atoms with Gasteiger partial charge in [0.1, 0.15) is 18.0 Å². The lowest BCUT2D eigenvalue weighted by Gasteiger charge is -2.60. The average Bonchev–Trinajstić information content (AvgIpc) is 3.29. The van der Waals surface area contributed by atoms with Crippen LogP contribution in [0.4, 0.5) is 0 Å². The van der Waals surface area contributed by atoms with Gasteiger partial charge in [-0.25, -0.2) is 0 Å². The number of carbonyl (C=O) groups is 2. The summed E-state index contributed by atoms with van der Waals surface area (Å²) in [6.45, 7) is 4.29. The van der Waals surface area contributed by atoms with E-state index in [1.165, 1.54) is 44.9 Å². The van der Waals surface area contributed by atoms with Crippen LogP contribution >= 0.6 is 0 Å². The molecule has 4 saturated carbocycles. The van der Waals surface area contributed by atoms with Crippen LogP contribution in [0.15, 0.2) is 0 Å². The van der Waals surface area contributed by atoms with Crippen molar-refractivity contribution in [3.05, 3.63) is 0 Å². The molecule has 45 heavy (non-hydrogen) atoms. The number of Topliss-reactive ketones (excluding diaryl/α,β-unsaturated/α-hetero) is 2. The van der Waals surface area contributed by atoms with E-state index in [1.807, 2.05) is 6.92 Å². The fourth-order valence-corrected chi connectivity index (χ4v) is 11.5. The highest BCUT2D eigenvalue weighted by molar-refractivity contribution is 6.60. The van der Waals surface area contributed by atoms with Crippen LogP contribution in [0.1, 0.15) is 117 Å². The minimum absolute atomic E-state index is 0. The van der Waals surface area contributed by atoms with Crippen molar-refractivity contribution < 1.29 is 38.2 Å². The van der Waals surface area contributed by atoms with Gasteiger partial charge in [0.25, 0.3) is 0 Å². The van der Waals surface area contributed by atoms with Crippen LogP contribution in [0, 0.1) is 34.5 Å². The molecule has 0 saturated heterocycles. The van der Waals surface area contributed by atoms with E-state index in [-0.39, 0.29) is 52.4 Å². The molecule has 264 valence electrons. The number of aliphatic hydroxyl groups is 3. The Morgan fingerprint density at radius 1 is 0.911 bits per heavy atom. The van der Waals surface area contributed by atoms with Crippen LogP contribution in [0.25, 0.3) is 0 Å². The maximum Gasteiger partial charge on any atom is 0.500 e. The number of rotatable bonds is 15. The summed E-state index contributed by atoms with van der Waals surface area (Å²) in [5, 5.41) is 30.6. The molecule has 0 radical (unpaired) electrons. The molecule has 0 spiro atoms. The molecule has 5 N–H and O–H groups in total. The summed E-state index contributed by atoms with van der Waals surface area (Å²) in [6, 6.07) is 0.920. The molecule has 0 aliphatic heterocycles. The molecule has 4 fully saturated rings. The Labute approximate surface area is 278 Å². The Bertz CT molecular complexity index is 930. The van der Waals surface area contributed by atoms with Crippen LogP contribution in [0.2, 0.25) is 6.04 Å². The number of carbonyl (C=O) groups excluding carboxylic acids is 2. The lowest BCUT2D eigenvalue weighted by atomic mass is 9.44. The van der Waals surface area contributed by atoms with E-state index in [1.54, 1.807) is 21.3 Å². The zero-order valence-electron chi connectivity index (χ0n) is 28.3. The molecule has 4 rings (SSSR count). The molecule has 4 aliphatic rings. The van der Waals surface area contributed by atoms with Gasteiger partial charge in [-0.05, 0) is 98.5 Å². The topological polar surface area (TPSA) is 149 Å². The summed E-state index contributed by atoms with van der Waals surface area (Å²) < 4.78 is 16.2. The molecule has 0 bridgehead atoms. The van der Waals surface area contributed by atoms with Gasteiger partial charge in [0.05, 0.1) is 6.10 Å². The van der Waals surface area contributed by atoms with Crippen molar-refractivity contribution >= 4 is 31.3 Å². The fraction of sp³-hybridized carbons (Fsp3) is 0.941. The summed E-state index contributed by atoms with van der Waals surface area (Å²) in [4.78, 5) is 25.7. The van der Waals surface area contributed by atoms with Gasteiger partial charge < -0.3 is 34.3 Å². The predicted molar refractivity (Wildman–Crippen MR) is 184 cm³/mol. The second-order valence-corrected chi connectivity index (χ2v) is 17.8. The molecule has 0 heterocycles. The Hall–Kier alpha value is -0.506. The summed E-state index contributed by atoms with van der Waals surface area (Å²) >= 11 is 0. The van der Waals surface area contributed by atoms with Crippen molar-refractivity contribution in [2.75, 3.05) is 34.5 Å². The van der Waals surface area contributed by atoms with E-state index in [4.69, 9.17) is 19.0 Å². The lowest BCUT2D eigenvalue weighted by Crippen LogP contribution is -2.62. The van der Waals surface area contributed by atoms with E-state index < -0.39 is 32.2 Å². The molecular weight excluding hydrogens is 607 g/mol. The molecule has 0 amide bonds. The zero-order chi connectivity index (χ0) is 32.6. The molecule has 0 unspecified atom stereocenters. The SMILES string of the molecule is CO[Si](CCCCCCCCCCN)(OC)OC.C[C@]12CC[C@@H](O)C[C@H]1CC[C@@H]1[C@@H]2C(=O)C[C@@]2(C)[C@H]1CC[C@]2(O)C(=O)CO.[SiH4]. The van der Waals surface area contributed by atoms with Crippen molar-refractivity contribution in [3.63, 3.8) is 0 Å². The van der Waals surface area contributed by atoms with E-state index in [0.29, 0.717) is 12.3 Å². The van der Waals surface area contributed by atoms with Crippen molar-refractivity contribution in [2.45, 2.75) is 134 Å². The number of nitrogens with two attached hydrogens (primary N) is 1. The van der Waals surface area contributed by atoms with Crippen LogP contribution in [0.5, 0.6) is 0 Å². The maximum absolute atomic E-state index is 13.4. The Kier molecular flexibility index (Phi) is 16.1. The molecule has 8 atom stereocenters. The summed E-state index contributed by atoms with van der Waals surface area (Å²) in [7, 11) is 2.71. The van der Waals surface area contributed by atoms with Crippen LogP contribution in [-0.4, -0.2) is 92.8 Å². The molecule has 0 aromatic rings. The summed E-state index contributed by atoms with van der Waals surface area (Å²) in [5.41, 5.74) is 3.05. The first-order chi connectivity index (χ1) is 20.9. The molecular formula is C34H67NO8Si2. The fourth-order valence-electron chi connectivity index (χ4n) is 9.75. The van der Waals surface area contributed by atoms with Crippen molar-refractivity contribution in [1.82, 2.24) is 0 Å². The number of hydrogen-bond acceptors (Lipinski definition) is 9. The normalized spacial score (nSPS) is 35.8. The summed E-state index contributed by atoms with van der Waals surface area (Å²) in [6.07, 6.45) is 15.6. The first-order valence-corrected chi connectivity index (χ1v) is 19.3. The maximum atomic E-state index is 13.4. The zero-order valence-corrected chi connectivity index (χ0v) is 29.3. The highest BCUT2D eigenvalue weighted by Crippen LogP contribution is 2.67. The van der Waals surface area contributed by atoms with Crippen LogP contribution in [0.3, 0.4) is 0 Å². The van der Waals surface area contributed by atoms with Gasteiger partial charge in [0.2, 0.25) is 0 Å². The van der Waals surface area contributed by atoms with Gasteiger partial charge in [0.15, 0.2) is 5.78 Å². The third-order valence-electron chi connectivity index (χ3n) is 12.5.